The molecule has 2 atom stereocenters. The van der Waals surface area contributed by atoms with Crippen LogP contribution in [0.5, 0.6) is 11.5 Å². The van der Waals surface area contributed by atoms with Gasteiger partial charge >= 0.3 is 12.2 Å². The number of rotatable bonds is 12. The van der Waals surface area contributed by atoms with Crippen LogP contribution in [0.1, 0.15) is 36.8 Å². The van der Waals surface area contributed by atoms with E-state index in [1.54, 1.807) is 0 Å². The molecule has 2 fully saturated rings. The number of alkyl halides is 10. The van der Waals surface area contributed by atoms with Crippen molar-refractivity contribution in [2.45, 2.75) is 58.9 Å². The maximum Gasteiger partial charge on any atom is 0.444 e. The van der Waals surface area contributed by atoms with Crippen LogP contribution in [0.4, 0.5) is 26.3 Å². The van der Waals surface area contributed by atoms with Gasteiger partial charge in [-0.3, -0.25) is 4.79 Å². The van der Waals surface area contributed by atoms with Crippen LogP contribution in [0.15, 0.2) is 60.7 Å². The van der Waals surface area contributed by atoms with Gasteiger partial charge in [-0.1, -0.05) is 47.5 Å². The molecule has 2 aliphatic carbocycles. The maximum atomic E-state index is 13.5. The molecule has 0 amide bonds. The van der Waals surface area contributed by atoms with Gasteiger partial charge in [0.2, 0.25) is 0 Å². The molecule has 2 unspecified atom stereocenters. The van der Waals surface area contributed by atoms with Gasteiger partial charge in [-0.2, -0.15) is 17.6 Å². The van der Waals surface area contributed by atoms with E-state index in [-0.39, 0.29) is 11.5 Å². The van der Waals surface area contributed by atoms with E-state index in [0.717, 1.165) is 0 Å². The van der Waals surface area contributed by atoms with E-state index in [0.29, 0.717) is 48.0 Å². The Morgan fingerprint density at radius 3 is 1.25 bits per heavy atom. The van der Waals surface area contributed by atoms with E-state index in [2.05, 4.69) is 9.47 Å². The highest BCUT2D eigenvalue weighted by atomic mass is 35.5. The minimum atomic E-state index is -4.24. The van der Waals surface area contributed by atoms with Gasteiger partial charge in [-0.15, -0.1) is 23.2 Å². The first-order valence-corrected chi connectivity index (χ1v) is 13.4. The molecule has 0 aromatic heterocycles. The molecule has 4 rings (SSSR count). The molecule has 0 bridgehead atoms. The summed E-state index contributed by atoms with van der Waals surface area (Å²) in [5.74, 6) is -1.17. The Morgan fingerprint density at radius 1 is 0.700 bits per heavy atom. The predicted octanol–water partition coefficient (Wildman–Crippen LogP) is 9.28. The summed E-state index contributed by atoms with van der Waals surface area (Å²) >= 11 is 22.9. The van der Waals surface area contributed by atoms with Crippen LogP contribution in [0.25, 0.3) is 11.1 Å². The smallest absolute Gasteiger partial charge is 0.429 e. The number of hydrogen-bond acceptors (Lipinski definition) is 3. The van der Waals surface area contributed by atoms with Gasteiger partial charge in [0, 0.05) is 0 Å². The van der Waals surface area contributed by atoms with E-state index in [4.69, 9.17) is 46.4 Å². The summed E-state index contributed by atoms with van der Waals surface area (Å²) < 4.78 is 88.2. The number of allylic oxidation sites excluding steroid dienone is 4. The van der Waals surface area contributed by atoms with Crippen LogP contribution in [-0.2, 0) is 4.79 Å². The van der Waals surface area contributed by atoms with Crippen molar-refractivity contribution in [2.75, 3.05) is 0 Å². The first-order valence-electron chi connectivity index (χ1n) is 11.8. The summed E-state index contributed by atoms with van der Waals surface area (Å²) in [4.78, 5) is 11.5. The third-order valence-electron chi connectivity index (χ3n) is 6.26. The quantitative estimate of drug-likeness (QED) is 0.131. The molecule has 2 saturated carbocycles. The third-order valence-corrected chi connectivity index (χ3v) is 7.93. The van der Waals surface area contributed by atoms with Crippen LogP contribution < -0.4 is 9.47 Å². The van der Waals surface area contributed by atoms with Crippen molar-refractivity contribution in [1.29, 1.82) is 0 Å². The van der Waals surface area contributed by atoms with E-state index < -0.39 is 39.0 Å². The number of benzene rings is 2. The summed E-state index contributed by atoms with van der Waals surface area (Å²) in [5.41, 5.74) is -4.33. The van der Waals surface area contributed by atoms with Gasteiger partial charge in [0.1, 0.15) is 11.5 Å². The van der Waals surface area contributed by atoms with Gasteiger partial charge in [0.05, 0.1) is 9.75 Å². The Morgan fingerprint density at radius 2 is 1.00 bits per heavy atom. The monoisotopic (exact) mass is 646 g/mol. The molecule has 2 aromatic carbocycles. The zero-order valence-electron chi connectivity index (χ0n) is 20.3. The van der Waals surface area contributed by atoms with Crippen molar-refractivity contribution >= 4 is 63.3 Å². The highest BCUT2D eigenvalue weighted by Crippen LogP contribution is 2.54. The molecule has 0 heterocycles. The number of hydrogen-bond donors (Lipinski definition) is 0. The van der Waals surface area contributed by atoms with E-state index >= 15 is 0 Å². The fraction of sp³-hybridized carbons (Fsp3) is 0.370. The topological polar surface area (TPSA) is 35.5 Å². The molecular formula is C27H20Cl4F6O3. The highest BCUT2D eigenvalue weighted by molar-refractivity contribution is 6.35. The molecule has 0 saturated heterocycles. The van der Waals surface area contributed by atoms with Crippen LogP contribution in [0.3, 0.4) is 0 Å². The van der Waals surface area contributed by atoms with Crippen LogP contribution >= 0.6 is 46.4 Å². The van der Waals surface area contributed by atoms with Crippen LogP contribution in [0.2, 0.25) is 0 Å². The Labute approximate surface area is 245 Å². The van der Waals surface area contributed by atoms with Gasteiger partial charge in [0.15, 0.2) is 5.78 Å². The Kier molecular flexibility index (Phi) is 8.73. The maximum absolute atomic E-state index is 13.5. The van der Waals surface area contributed by atoms with E-state index in [1.807, 2.05) is 0 Å². The lowest BCUT2D eigenvalue weighted by atomic mass is 9.96. The van der Waals surface area contributed by atoms with E-state index in [1.165, 1.54) is 60.7 Å². The number of ether oxygens (including phenoxy) is 2. The summed E-state index contributed by atoms with van der Waals surface area (Å²) in [7, 11) is 0. The Balaban J connectivity index is 1.60. The van der Waals surface area contributed by atoms with Crippen molar-refractivity contribution in [1.82, 2.24) is 0 Å². The fourth-order valence-electron chi connectivity index (χ4n) is 3.84. The lowest BCUT2D eigenvalue weighted by Gasteiger charge is -2.19. The Bertz CT molecular complexity index is 1200. The average molecular weight is 648 g/mol. The minimum Gasteiger partial charge on any atom is -0.429 e. The number of halogens is 10. The molecule has 13 heteroatoms. The second-order valence-corrected chi connectivity index (χ2v) is 11.6. The molecule has 0 aliphatic heterocycles. The molecule has 40 heavy (non-hydrogen) atoms. The van der Waals surface area contributed by atoms with Crippen LogP contribution in [0, 0.1) is 0 Å². The molecule has 2 aromatic rings. The average Bonchev–Trinajstić information content (AvgIpc) is 3.80. The van der Waals surface area contributed by atoms with Crippen molar-refractivity contribution in [3.8, 4) is 11.5 Å². The summed E-state index contributed by atoms with van der Waals surface area (Å²) in [5, 5.41) is 0. The van der Waals surface area contributed by atoms with Gasteiger partial charge in [0.25, 0.3) is 11.3 Å². The summed E-state index contributed by atoms with van der Waals surface area (Å²) in [6.45, 7) is 0. The number of carbonyl (C=O) groups excluding carboxylic acids is 1. The van der Waals surface area contributed by atoms with Crippen LogP contribution in [-0.4, -0.2) is 39.0 Å². The second-order valence-electron chi connectivity index (χ2n) is 9.43. The highest BCUT2D eigenvalue weighted by Gasteiger charge is 2.47. The first-order chi connectivity index (χ1) is 18.5. The lowest BCUT2D eigenvalue weighted by molar-refractivity contribution is -0.199. The Hall–Kier alpha value is -2.07. The van der Waals surface area contributed by atoms with Gasteiger partial charge in [-0.25, -0.2) is 8.78 Å². The van der Waals surface area contributed by atoms with E-state index in [9.17, 15) is 31.1 Å². The van der Waals surface area contributed by atoms with Crippen molar-refractivity contribution in [3.05, 3.63) is 71.8 Å². The summed E-state index contributed by atoms with van der Waals surface area (Å²) in [6.07, 6.45) is -3.63. The second kappa shape index (κ2) is 11.3. The standard InChI is InChI=1S/C27H20Cl4F6O3/c28-22(32)26(34,35)39-18-5-1-15(2-6-18)20(24(30)9-10-24)13-17(38)14-21(25(31)11-12-25)16-3-7-19(8-4-16)40-27(36,37)23(29)33/h1-8,13-14,22-23H,9-12H2. The van der Waals surface area contributed by atoms with Gasteiger partial charge in [-0.05, 0) is 84.4 Å². The SMILES string of the molecule is O=C(C=C(c1ccc(OC(F)(F)C(F)Cl)cc1)C1(Cl)CC1)C=C(c1ccc(OC(F)(F)C(F)Cl)cc1)C1(Cl)CC1. The number of carbonyl (C=O) groups is 1. The molecular weight excluding hydrogens is 628 g/mol. The zero-order chi connectivity index (χ0) is 29.5. The number of ketones is 1. The molecule has 0 spiro atoms. The minimum absolute atomic E-state index is 0.347. The molecule has 2 aliphatic rings. The molecule has 0 N–H and O–H groups in total. The van der Waals surface area contributed by atoms with Gasteiger partial charge < -0.3 is 9.47 Å². The largest absolute Gasteiger partial charge is 0.444 e. The zero-order valence-corrected chi connectivity index (χ0v) is 23.3. The first kappa shape index (κ1) is 30.9. The molecule has 3 nitrogen and oxygen atoms in total. The normalized spacial score (nSPS) is 19.9. The fourth-order valence-corrected chi connectivity index (χ4v) is 4.44. The van der Waals surface area contributed by atoms with Crippen molar-refractivity contribution < 1.29 is 40.6 Å². The van der Waals surface area contributed by atoms with Crippen molar-refractivity contribution in [3.63, 3.8) is 0 Å². The molecule has 0 radical (unpaired) electrons. The summed E-state index contributed by atoms with van der Waals surface area (Å²) in [6, 6.07) is 10.3. The lowest BCUT2D eigenvalue weighted by Crippen LogP contribution is -2.32. The third kappa shape index (κ3) is 7.22. The van der Waals surface area contributed by atoms with Crippen molar-refractivity contribution in [2.24, 2.45) is 0 Å². The molecule has 216 valence electrons. The predicted molar refractivity (Wildman–Crippen MR) is 142 cm³/mol.